The van der Waals surface area contributed by atoms with Crippen molar-refractivity contribution in [1.82, 2.24) is 25.3 Å². The zero-order valence-electron chi connectivity index (χ0n) is 32.7. The summed E-state index contributed by atoms with van der Waals surface area (Å²) < 4.78 is 75.5. The van der Waals surface area contributed by atoms with E-state index >= 15 is 0 Å². The third-order valence-electron chi connectivity index (χ3n) is 11.5. The summed E-state index contributed by atoms with van der Waals surface area (Å²) in [4.78, 5) is 52.0. The minimum absolute atomic E-state index is 0.0564. The zero-order valence-corrected chi connectivity index (χ0v) is 33.5. The van der Waals surface area contributed by atoms with Gasteiger partial charge < -0.3 is 20.0 Å². The molecule has 6 aliphatic rings. The Labute approximate surface area is 352 Å². The van der Waals surface area contributed by atoms with Crippen molar-refractivity contribution in [1.29, 1.82) is 0 Å². The van der Waals surface area contributed by atoms with E-state index in [0.29, 0.717) is 60.9 Å². The number of carbonyl (C=O) groups excluding carboxylic acids is 2. The largest absolute Gasteiger partial charge is 0.408 e. The standard InChI is InChI=1S/C20H21F3N6O.C15H14ClN5O.C5H8F3N/c21-20(22,23)15-4-3-10-28(15)17-7-6-14-18(26-17)29(13-8-11-27(14)12-13)19(30)25-16-5-1-2-9-24-16;16-12-5-4-11-14(18-12)21(10-6-8-20(11)9-10)15(22)19-13-3-1-2-7-17-13;6-5(7,8)4-2-1-3-9-4/h1-2,5-7,9,13,15H,3-4,8,10-12H2,(H,24,25,30);1-5,7,10H,6,8-9H2,(H,17,19,22);4,9H,1-3H2/t13-,15-;10-;4-/m000/s1. The van der Waals surface area contributed by atoms with Gasteiger partial charge in [-0.1, -0.05) is 23.7 Å². The van der Waals surface area contributed by atoms with E-state index in [1.165, 1.54) is 4.90 Å². The van der Waals surface area contributed by atoms with Crippen LogP contribution in [0.2, 0.25) is 5.15 Å². The lowest BCUT2D eigenvalue weighted by molar-refractivity contribution is -0.151. The van der Waals surface area contributed by atoms with E-state index in [1.54, 1.807) is 64.7 Å². The number of rotatable bonds is 3. The Kier molecular flexibility index (Phi) is 12.0. The van der Waals surface area contributed by atoms with Crippen LogP contribution in [-0.4, -0.2) is 108 Å². The molecule has 0 radical (unpaired) electrons. The molecular weight excluding hydrogens is 830 g/mol. The summed E-state index contributed by atoms with van der Waals surface area (Å²) in [5.74, 6) is 2.22. The molecule has 61 heavy (non-hydrogen) atoms. The SMILES string of the molecule is FC(F)(F)[C@@H]1CCCN1.O=C(Nc1ccccn1)N1c2nc(Cl)ccc2N2CC[C@H]1C2.O=C(Nc1ccccn1)N1c2nc(N3CCC[C@H]3C(F)(F)F)ccc2N2CC[C@H]1C2. The molecule has 4 fully saturated rings. The fraction of sp³-hybridized carbons (Fsp3) is 0.450. The van der Waals surface area contributed by atoms with Crippen molar-refractivity contribution in [3.05, 3.63) is 78.2 Å². The molecule has 0 unspecified atom stereocenters. The monoisotopic (exact) mass is 872 g/mol. The van der Waals surface area contributed by atoms with Crippen LogP contribution in [0.4, 0.5) is 76.4 Å². The molecule has 0 aliphatic carbocycles. The molecule has 10 heterocycles. The molecule has 0 saturated carbocycles. The van der Waals surface area contributed by atoms with E-state index in [-0.39, 0.29) is 42.8 Å². The van der Waals surface area contributed by atoms with Gasteiger partial charge in [-0.3, -0.25) is 20.4 Å². The molecule has 4 bridgehead atoms. The first-order valence-corrected chi connectivity index (χ1v) is 20.5. The second kappa shape index (κ2) is 17.4. The maximum absolute atomic E-state index is 13.5. The van der Waals surface area contributed by atoms with Crippen molar-refractivity contribution in [3.8, 4) is 0 Å². The number of anilines is 7. The van der Waals surface area contributed by atoms with E-state index in [4.69, 9.17) is 11.6 Å². The lowest BCUT2D eigenvalue weighted by atomic mass is 10.2. The predicted molar refractivity (Wildman–Crippen MR) is 220 cm³/mol. The van der Waals surface area contributed by atoms with Crippen LogP contribution in [0.5, 0.6) is 0 Å². The fourth-order valence-electron chi connectivity index (χ4n) is 8.63. The number of fused-ring (bicyclic) bond motifs is 8. The van der Waals surface area contributed by atoms with Gasteiger partial charge in [0.15, 0.2) is 11.6 Å². The van der Waals surface area contributed by atoms with Gasteiger partial charge in [-0.2, -0.15) is 26.3 Å². The topological polar surface area (TPSA) is 138 Å². The normalized spacial score (nSPS) is 22.4. The first kappa shape index (κ1) is 42.1. The third kappa shape index (κ3) is 9.19. The number of urea groups is 2. The zero-order chi connectivity index (χ0) is 42.9. The molecule has 4 aromatic rings. The highest BCUT2D eigenvalue weighted by molar-refractivity contribution is 6.29. The van der Waals surface area contributed by atoms with Gasteiger partial charge in [-0.05, 0) is 93.6 Å². The van der Waals surface area contributed by atoms with E-state index < -0.39 is 24.4 Å². The maximum atomic E-state index is 13.5. The fourth-order valence-corrected chi connectivity index (χ4v) is 8.77. The summed E-state index contributed by atoms with van der Waals surface area (Å²) in [7, 11) is 0. The number of nitrogens with zero attached hydrogens (tertiary/aromatic N) is 9. The number of amides is 4. The Morgan fingerprint density at radius 2 is 1.25 bits per heavy atom. The number of hydrogen-bond acceptors (Lipinski definition) is 10. The molecule has 4 amide bonds. The van der Waals surface area contributed by atoms with Crippen molar-refractivity contribution in [2.24, 2.45) is 0 Å². The quantitative estimate of drug-likeness (QED) is 0.139. The van der Waals surface area contributed by atoms with Crippen LogP contribution in [0.15, 0.2) is 73.1 Å². The minimum Gasteiger partial charge on any atom is -0.366 e. The first-order valence-electron chi connectivity index (χ1n) is 20.1. The van der Waals surface area contributed by atoms with E-state index in [9.17, 15) is 35.9 Å². The first-order chi connectivity index (χ1) is 29.2. The average Bonchev–Trinajstić information content (AvgIpc) is 4.07. The molecule has 6 aliphatic heterocycles. The molecule has 0 aromatic carbocycles. The maximum Gasteiger partial charge on any atom is 0.408 e. The summed E-state index contributed by atoms with van der Waals surface area (Å²) in [6.07, 6.45) is -2.02. The number of nitrogens with one attached hydrogen (secondary N) is 3. The Bertz CT molecular complexity index is 2180. The molecule has 21 heteroatoms. The van der Waals surface area contributed by atoms with Gasteiger partial charge >= 0.3 is 24.4 Å². The number of alkyl halides is 6. The molecular formula is C40H43ClF6N12O2. The Hall–Kier alpha value is -5.63. The highest BCUT2D eigenvalue weighted by atomic mass is 35.5. The van der Waals surface area contributed by atoms with E-state index in [1.807, 2.05) is 18.2 Å². The number of halogens is 7. The highest BCUT2D eigenvalue weighted by Gasteiger charge is 2.48. The highest BCUT2D eigenvalue weighted by Crippen LogP contribution is 2.43. The number of aromatic nitrogens is 4. The molecule has 10 rings (SSSR count). The van der Waals surface area contributed by atoms with Crippen LogP contribution >= 0.6 is 11.6 Å². The average molecular weight is 873 g/mol. The number of carbonyl (C=O) groups is 2. The molecule has 4 atom stereocenters. The molecule has 0 spiro atoms. The van der Waals surface area contributed by atoms with Gasteiger partial charge in [0.05, 0.1) is 23.5 Å². The lowest BCUT2D eigenvalue weighted by Gasteiger charge is -2.37. The summed E-state index contributed by atoms with van der Waals surface area (Å²) in [6, 6.07) is 14.4. The van der Waals surface area contributed by atoms with Crippen LogP contribution in [0.1, 0.15) is 38.5 Å². The minimum atomic E-state index is -4.31. The molecule has 14 nitrogen and oxygen atoms in total. The van der Waals surface area contributed by atoms with Crippen LogP contribution in [0, 0.1) is 0 Å². The van der Waals surface area contributed by atoms with Crippen molar-refractivity contribution >= 4 is 64.1 Å². The second-order valence-corrected chi connectivity index (χ2v) is 15.8. The number of pyridine rings is 4. The van der Waals surface area contributed by atoms with E-state index in [0.717, 1.165) is 43.9 Å². The van der Waals surface area contributed by atoms with Gasteiger partial charge in [0.25, 0.3) is 0 Å². The molecule has 3 N–H and O–H groups in total. The predicted octanol–water partition coefficient (Wildman–Crippen LogP) is 7.70. The van der Waals surface area contributed by atoms with Gasteiger partial charge in [0.2, 0.25) is 0 Å². The number of hydrogen-bond donors (Lipinski definition) is 3. The molecule has 4 aromatic heterocycles. The van der Waals surface area contributed by atoms with Gasteiger partial charge in [-0.15, -0.1) is 0 Å². The van der Waals surface area contributed by atoms with Crippen molar-refractivity contribution < 1.29 is 35.9 Å². The van der Waals surface area contributed by atoms with Gasteiger partial charge in [0.1, 0.15) is 34.7 Å². The Morgan fingerprint density at radius 1 is 0.672 bits per heavy atom. The smallest absolute Gasteiger partial charge is 0.366 e. The van der Waals surface area contributed by atoms with Crippen molar-refractivity contribution in [2.75, 3.05) is 74.4 Å². The van der Waals surface area contributed by atoms with Gasteiger partial charge in [-0.25, -0.2) is 29.5 Å². The molecule has 324 valence electrons. The van der Waals surface area contributed by atoms with Crippen molar-refractivity contribution in [2.45, 2.75) is 75.0 Å². The third-order valence-corrected chi connectivity index (χ3v) is 11.7. The lowest BCUT2D eigenvalue weighted by Crippen LogP contribution is -2.49. The van der Waals surface area contributed by atoms with Crippen molar-refractivity contribution in [3.63, 3.8) is 0 Å². The summed E-state index contributed by atoms with van der Waals surface area (Å²) in [5, 5.41) is 8.37. The summed E-state index contributed by atoms with van der Waals surface area (Å²) in [5.41, 5.74) is 1.72. The van der Waals surface area contributed by atoms with Crippen LogP contribution in [0.3, 0.4) is 0 Å². The van der Waals surface area contributed by atoms with Crippen LogP contribution in [0.25, 0.3) is 0 Å². The Balaban J connectivity index is 0.000000144. The van der Waals surface area contributed by atoms with Crippen LogP contribution in [-0.2, 0) is 0 Å². The van der Waals surface area contributed by atoms with Gasteiger partial charge in [0, 0.05) is 45.1 Å². The Morgan fingerprint density at radius 3 is 1.74 bits per heavy atom. The second-order valence-electron chi connectivity index (χ2n) is 15.4. The van der Waals surface area contributed by atoms with Crippen LogP contribution < -0.4 is 40.4 Å². The van der Waals surface area contributed by atoms with E-state index in [2.05, 4.69) is 45.7 Å². The summed E-state index contributed by atoms with van der Waals surface area (Å²) >= 11 is 6.02. The summed E-state index contributed by atoms with van der Waals surface area (Å²) in [6.45, 7) is 4.01. The molecule has 4 saturated heterocycles.